The summed E-state index contributed by atoms with van der Waals surface area (Å²) in [5, 5.41) is 0.153. The molecule has 8 heteroatoms. The van der Waals surface area contributed by atoms with Crippen LogP contribution in [0.3, 0.4) is 0 Å². The fourth-order valence-corrected chi connectivity index (χ4v) is 4.49. The van der Waals surface area contributed by atoms with Crippen LogP contribution in [0.5, 0.6) is 0 Å². The number of sulfone groups is 1. The number of nitrogens with zero attached hydrogens (tertiary/aromatic N) is 1. The van der Waals surface area contributed by atoms with E-state index in [1.165, 1.54) is 30.2 Å². The predicted molar refractivity (Wildman–Crippen MR) is 91.7 cm³/mol. The van der Waals surface area contributed by atoms with Gasteiger partial charge in [0.25, 0.3) is 5.89 Å². The molecule has 0 aliphatic heterocycles. The number of benzene rings is 1. The Morgan fingerprint density at radius 3 is 2.56 bits per heavy atom. The number of thioether (sulfide) groups is 1. The number of oxazole rings is 1. The van der Waals surface area contributed by atoms with Gasteiger partial charge in [0, 0.05) is 5.25 Å². The lowest BCUT2D eigenvalue weighted by atomic mass is 10.4. The SMILES string of the molecule is CC[C@@H](C)Sc1oc(-c2ccco2)nc1S(=O)(=O)c1ccc(F)cc1. The molecule has 0 aliphatic carbocycles. The molecule has 0 fully saturated rings. The Morgan fingerprint density at radius 2 is 1.96 bits per heavy atom. The zero-order chi connectivity index (χ0) is 18.0. The molecule has 1 aromatic carbocycles. The Kier molecular flexibility index (Phi) is 5.01. The number of furan rings is 1. The van der Waals surface area contributed by atoms with Crippen LogP contribution in [0.4, 0.5) is 4.39 Å². The largest absolute Gasteiger partial charge is 0.459 e. The van der Waals surface area contributed by atoms with Gasteiger partial charge in [-0.25, -0.2) is 12.8 Å². The van der Waals surface area contributed by atoms with Gasteiger partial charge in [0.05, 0.1) is 11.2 Å². The van der Waals surface area contributed by atoms with E-state index < -0.39 is 15.7 Å². The third-order valence-electron chi connectivity index (χ3n) is 3.56. The molecule has 0 amide bonds. The fourth-order valence-electron chi connectivity index (χ4n) is 2.03. The van der Waals surface area contributed by atoms with Gasteiger partial charge in [-0.1, -0.05) is 25.6 Å². The van der Waals surface area contributed by atoms with Gasteiger partial charge in [-0.05, 0) is 42.8 Å². The fraction of sp³-hybridized carbons (Fsp3) is 0.235. The zero-order valence-electron chi connectivity index (χ0n) is 13.6. The molecule has 25 heavy (non-hydrogen) atoms. The van der Waals surface area contributed by atoms with Crippen molar-refractivity contribution in [2.24, 2.45) is 0 Å². The van der Waals surface area contributed by atoms with Crippen molar-refractivity contribution in [3.63, 3.8) is 0 Å². The quantitative estimate of drug-likeness (QED) is 0.451. The third kappa shape index (κ3) is 3.64. The van der Waals surface area contributed by atoms with E-state index in [9.17, 15) is 12.8 Å². The molecule has 132 valence electrons. The van der Waals surface area contributed by atoms with Gasteiger partial charge in [0.15, 0.2) is 5.76 Å². The average molecular weight is 381 g/mol. The Balaban J connectivity index is 2.10. The minimum absolute atomic E-state index is 0.0424. The second-order valence-corrected chi connectivity index (χ2v) is 8.66. The predicted octanol–water partition coefficient (Wildman–Crippen LogP) is 4.80. The molecule has 0 bridgehead atoms. The number of hydrogen-bond acceptors (Lipinski definition) is 6. The van der Waals surface area contributed by atoms with Crippen LogP contribution in [0.2, 0.25) is 0 Å². The summed E-state index contributed by atoms with van der Waals surface area (Å²) in [6.45, 7) is 3.96. The summed E-state index contributed by atoms with van der Waals surface area (Å²) in [7, 11) is -3.94. The second-order valence-electron chi connectivity index (χ2n) is 5.38. The minimum atomic E-state index is -3.94. The highest BCUT2D eigenvalue weighted by atomic mass is 32.2. The summed E-state index contributed by atoms with van der Waals surface area (Å²) in [5.41, 5.74) is 0. The average Bonchev–Trinajstić information content (AvgIpc) is 3.24. The Bertz CT molecular complexity index is 947. The van der Waals surface area contributed by atoms with E-state index in [1.807, 2.05) is 13.8 Å². The molecule has 0 saturated carbocycles. The van der Waals surface area contributed by atoms with Gasteiger partial charge >= 0.3 is 0 Å². The van der Waals surface area contributed by atoms with Crippen LogP contribution in [0, 0.1) is 5.82 Å². The summed E-state index contributed by atoms with van der Waals surface area (Å²) in [6, 6.07) is 7.92. The number of hydrogen-bond donors (Lipinski definition) is 0. The van der Waals surface area contributed by atoms with E-state index >= 15 is 0 Å². The first-order valence-corrected chi connectivity index (χ1v) is 10.00. The second kappa shape index (κ2) is 7.05. The molecule has 2 heterocycles. The van der Waals surface area contributed by atoms with Gasteiger partial charge in [0.2, 0.25) is 20.0 Å². The van der Waals surface area contributed by atoms with Crippen molar-refractivity contribution in [2.45, 2.75) is 40.5 Å². The topological polar surface area (TPSA) is 73.3 Å². The summed E-state index contributed by atoms with van der Waals surface area (Å²) >= 11 is 1.29. The van der Waals surface area contributed by atoms with E-state index in [2.05, 4.69) is 4.98 Å². The van der Waals surface area contributed by atoms with Crippen LogP contribution in [0.15, 0.2) is 66.5 Å². The van der Waals surface area contributed by atoms with Crippen LogP contribution in [0.1, 0.15) is 20.3 Å². The first-order chi connectivity index (χ1) is 11.9. The lowest BCUT2D eigenvalue weighted by molar-refractivity contribution is 0.450. The van der Waals surface area contributed by atoms with Crippen LogP contribution in [-0.2, 0) is 9.84 Å². The molecule has 0 aliphatic rings. The normalized spacial score (nSPS) is 13.1. The molecule has 3 aromatic rings. The summed E-state index contributed by atoms with van der Waals surface area (Å²) in [6.07, 6.45) is 2.28. The summed E-state index contributed by atoms with van der Waals surface area (Å²) in [4.78, 5) is 4.11. The number of rotatable bonds is 6. The molecule has 0 saturated heterocycles. The van der Waals surface area contributed by atoms with E-state index in [4.69, 9.17) is 8.83 Å². The molecular weight excluding hydrogens is 365 g/mol. The standard InChI is InChI=1S/C17H16FNO4S2/c1-3-11(2)24-17-16(19-15(23-17)14-5-4-10-22-14)25(20,21)13-8-6-12(18)7-9-13/h4-11H,3H2,1-2H3/t11-/m1/s1. The van der Waals surface area contributed by atoms with Crippen LogP contribution < -0.4 is 0 Å². The molecule has 1 atom stereocenters. The van der Waals surface area contributed by atoms with Crippen LogP contribution in [-0.4, -0.2) is 18.7 Å². The van der Waals surface area contributed by atoms with Gasteiger partial charge in [-0.2, -0.15) is 4.98 Å². The number of aromatic nitrogens is 1. The van der Waals surface area contributed by atoms with Crippen molar-refractivity contribution >= 4 is 21.6 Å². The third-order valence-corrected chi connectivity index (χ3v) is 6.59. The minimum Gasteiger partial charge on any atom is -0.459 e. The van der Waals surface area contributed by atoms with Crippen molar-refractivity contribution in [2.75, 3.05) is 0 Å². The van der Waals surface area contributed by atoms with Crippen molar-refractivity contribution < 1.29 is 21.6 Å². The van der Waals surface area contributed by atoms with Crippen molar-refractivity contribution in [3.8, 4) is 11.7 Å². The Labute approximate surface area is 149 Å². The maximum Gasteiger partial charge on any atom is 0.265 e. The first-order valence-electron chi connectivity index (χ1n) is 7.64. The molecular formula is C17H16FNO4S2. The van der Waals surface area contributed by atoms with E-state index in [1.54, 1.807) is 12.1 Å². The van der Waals surface area contributed by atoms with Crippen LogP contribution in [0.25, 0.3) is 11.7 Å². The van der Waals surface area contributed by atoms with Crippen molar-refractivity contribution in [1.29, 1.82) is 0 Å². The highest BCUT2D eigenvalue weighted by molar-refractivity contribution is 8.00. The summed E-state index contributed by atoms with van der Waals surface area (Å²) in [5.74, 6) is -0.0763. The van der Waals surface area contributed by atoms with Crippen molar-refractivity contribution in [3.05, 3.63) is 48.5 Å². The molecule has 0 radical (unpaired) electrons. The van der Waals surface area contributed by atoms with Gasteiger partial charge in [0.1, 0.15) is 5.82 Å². The number of halogens is 1. The first kappa shape index (κ1) is 17.8. The highest BCUT2D eigenvalue weighted by Gasteiger charge is 2.30. The molecule has 0 N–H and O–H groups in total. The smallest absolute Gasteiger partial charge is 0.265 e. The molecule has 2 aromatic heterocycles. The molecule has 5 nitrogen and oxygen atoms in total. The molecule has 0 unspecified atom stereocenters. The van der Waals surface area contributed by atoms with Gasteiger partial charge < -0.3 is 8.83 Å². The zero-order valence-corrected chi connectivity index (χ0v) is 15.2. The molecule has 0 spiro atoms. The van der Waals surface area contributed by atoms with E-state index in [0.717, 1.165) is 18.6 Å². The van der Waals surface area contributed by atoms with Gasteiger partial charge in [-0.15, -0.1) is 0 Å². The monoisotopic (exact) mass is 381 g/mol. The summed E-state index contributed by atoms with van der Waals surface area (Å²) < 4.78 is 49.9. The van der Waals surface area contributed by atoms with Crippen molar-refractivity contribution in [1.82, 2.24) is 4.98 Å². The Hall–Kier alpha value is -2.06. The highest BCUT2D eigenvalue weighted by Crippen LogP contribution is 2.37. The lowest BCUT2D eigenvalue weighted by Gasteiger charge is -2.07. The molecule has 3 rings (SSSR count). The maximum absolute atomic E-state index is 13.1. The maximum atomic E-state index is 13.1. The van der Waals surface area contributed by atoms with E-state index in [-0.39, 0.29) is 26.2 Å². The van der Waals surface area contributed by atoms with E-state index in [0.29, 0.717) is 5.76 Å². The van der Waals surface area contributed by atoms with Gasteiger partial charge in [-0.3, -0.25) is 0 Å². The lowest BCUT2D eigenvalue weighted by Crippen LogP contribution is -2.05. The Morgan fingerprint density at radius 1 is 1.24 bits per heavy atom. The van der Waals surface area contributed by atoms with Crippen LogP contribution >= 0.6 is 11.8 Å².